The first kappa shape index (κ1) is 17.2. The molecule has 0 atom stereocenters. The van der Waals surface area contributed by atoms with E-state index in [1.807, 2.05) is 0 Å². The molecule has 0 spiro atoms. The van der Waals surface area contributed by atoms with Crippen molar-refractivity contribution in [3.05, 3.63) is 29.3 Å². The summed E-state index contributed by atoms with van der Waals surface area (Å²) in [6.45, 7) is 2.08. The van der Waals surface area contributed by atoms with Crippen molar-refractivity contribution in [1.82, 2.24) is 0 Å². The predicted octanol–water partition coefficient (Wildman–Crippen LogP) is 3.16. The van der Waals surface area contributed by atoms with E-state index < -0.39 is 23.2 Å². The number of carbonyl (C=O) groups excluding carboxylic acids is 1. The molecule has 1 aromatic carbocycles. The van der Waals surface area contributed by atoms with Gasteiger partial charge >= 0.3 is 11.9 Å². The van der Waals surface area contributed by atoms with Crippen LogP contribution < -0.4 is 4.74 Å². The SMILES string of the molecule is CCOC(=O)[C@H]1CC[C@H](Oc2cc(F)c(C(=O)O)c(F)c2)CC1. The van der Waals surface area contributed by atoms with Crippen molar-refractivity contribution in [3.8, 4) is 5.75 Å². The van der Waals surface area contributed by atoms with Crippen molar-refractivity contribution in [2.75, 3.05) is 6.61 Å². The van der Waals surface area contributed by atoms with Gasteiger partial charge in [-0.25, -0.2) is 13.6 Å². The number of hydrogen-bond donors (Lipinski definition) is 1. The molecule has 1 saturated carbocycles. The standard InChI is InChI=1S/C16H18F2O5/c1-2-22-16(21)9-3-5-10(6-4-9)23-11-7-12(17)14(15(19)20)13(18)8-11/h7-10H,2-6H2,1H3,(H,19,20)/t9-,10-. The average Bonchev–Trinajstić information content (AvgIpc) is 2.47. The lowest BCUT2D eigenvalue weighted by Gasteiger charge is -2.27. The molecule has 1 aliphatic rings. The largest absolute Gasteiger partial charge is 0.490 e. The minimum Gasteiger partial charge on any atom is -0.490 e. The third kappa shape index (κ3) is 4.18. The molecule has 126 valence electrons. The third-order valence-electron chi connectivity index (χ3n) is 3.83. The summed E-state index contributed by atoms with van der Waals surface area (Å²) in [6, 6.07) is 1.73. The maximum Gasteiger partial charge on any atom is 0.341 e. The maximum atomic E-state index is 13.6. The first-order valence-electron chi connectivity index (χ1n) is 7.48. The van der Waals surface area contributed by atoms with Crippen molar-refractivity contribution in [2.24, 2.45) is 5.92 Å². The number of rotatable bonds is 5. The van der Waals surface area contributed by atoms with Crippen LogP contribution in [0.3, 0.4) is 0 Å². The summed E-state index contributed by atoms with van der Waals surface area (Å²) in [4.78, 5) is 22.4. The Morgan fingerprint density at radius 2 is 1.74 bits per heavy atom. The van der Waals surface area contributed by atoms with Gasteiger partial charge in [0.1, 0.15) is 22.9 Å². The Morgan fingerprint density at radius 3 is 2.22 bits per heavy atom. The van der Waals surface area contributed by atoms with Gasteiger partial charge < -0.3 is 14.6 Å². The molecule has 1 fully saturated rings. The molecule has 0 unspecified atom stereocenters. The lowest BCUT2D eigenvalue weighted by Crippen LogP contribution is -2.29. The van der Waals surface area contributed by atoms with E-state index in [0.29, 0.717) is 32.3 Å². The van der Waals surface area contributed by atoms with Gasteiger partial charge in [0.2, 0.25) is 0 Å². The molecule has 0 radical (unpaired) electrons. The lowest BCUT2D eigenvalue weighted by molar-refractivity contribution is -0.149. The van der Waals surface area contributed by atoms with Gasteiger partial charge in [-0.15, -0.1) is 0 Å². The fourth-order valence-electron chi connectivity index (χ4n) is 2.69. The van der Waals surface area contributed by atoms with E-state index in [0.717, 1.165) is 12.1 Å². The third-order valence-corrected chi connectivity index (χ3v) is 3.83. The van der Waals surface area contributed by atoms with Crippen molar-refractivity contribution >= 4 is 11.9 Å². The Morgan fingerprint density at radius 1 is 1.17 bits per heavy atom. The van der Waals surface area contributed by atoms with Gasteiger partial charge in [-0.1, -0.05) is 0 Å². The predicted molar refractivity (Wildman–Crippen MR) is 76.3 cm³/mol. The van der Waals surface area contributed by atoms with Crippen LogP contribution in [-0.4, -0.2) is 29.8 Å². The van der Waals surface area contributed by atoms with Gasteiger partial charge in [0.05, 0.1) is 18.6 Å². The first-order chi connectivity index (χ1) is 10.9. The Kier molecular flexibility index (Phi) is 5.52. The number of ether oxygens (including phenoxy) is 2. The second kappa shape index (κ2) is 7.39. The molecule has 0 aliphatic heterocycles. The second-order valence-corrected chi connectivity index (χ2v) is 5.41. The summed E-state index contributed by atoms with van der Waals surface area (Å²) in [5.74, 6) is -4.46. The van der Waals surface area contributed by atoms with Gasteiger partial charge in [0, 0.05) is 12.1 Å². The molecule has 5 nitrogen and oxygen atoms in total. The topological polar surface area (TPSA) is 72.8 Å². The smallest absolute Gasteiger partial charge is 0.341 e. The molecule has 1 N–H and O–H groups in total. The van der Waals surface area contributed by atoms with Crippen LogP contribution in [0.4, 0.5) is 8.78 Å². The zero-order valence-electron chi connectivity index (χ0n) is 12.7. The molecule has 7 heteroatoms. The lowest BCUT2D eigenvalue weighted by atomic mass is 9.87. The molecule has 0 amide bonds. The van der Waals surface area contributed by atoms with Crippen LogP contribution in [0, 0.1) is 17.6 Å². The Hall–Kier alpha value is -2.18. The van der Waals surface area contributed by atoms with Crippen LogP contribution in [0.2, 0.25) is 0 Å². The highest BCUT2D eigenvalue weighted by Gasteiger charge is 2.28. The molecule has 0 bridgehead atoms. The number of carbonyl (C=O) groups is 2. The van der Waals surface area contributed by atoms with Crippen LogP contribution in [-0.2, 0) is 9.53 Å². The van der Waals surface area contributed by atoms with Crippen LogP contribution in [0.5, 0.6) is 5.75 Å². The van der Waals surface area contributed by atoms with E-state index in [-0.39, 0.29) is 23.7 Å². The van der Waals surface area contributed by atoms with E-state index in [9.17, 15) is 18.4 Å². The van der Waals surface area contributed by atoms with Crippen molar-refractivity contribution in [1.29, 1.82) is 0 Å². The number of halogens is 2. The Balaban J connectivity index is 1.97. The number of carboxylic acids is 1. The summed E-state index contributed by atoms with van der Waals surface area (Å²) in [5.41, 5.74) is -0.997. The fraction of sp³-hybridized carbons (Fsp3) is 0.500. The summed E-state index contributed by atoms with van der Waals surface area (Å²) >= 11 is 0. The van der Waals surface area contributed by atoms with Gasteiger partial charge in [-0.3, -0.25) is 4.79 Å². The molecule has 0 saturated heterocycles. The average molecular weight is 328 g/mol. The molecule has 1 aliphatic carbocycles. The van der Waals surface area contributed by atoms with Crippen molar-refractivity contribution in [3.63, 3.8) is 0 Å². The van der Waals surface area contributed by atoms with E-state index in [1.165, 1.54) is 0 Å². The summed E-state index contributed by atoms with van der Waals surface area (Å²) in [5, 5.41) is 8.72. The minimum absolute atomic E-state index is 0.0513. The summed E-state index contributed by atoms with van der Waals surface area (Å²) < 4.78 is 37.7. The number of esters is 1. The normalized spacial score (nSPS) is 20.8. The van der Waals surface area contributed by atoms with E-state index in [1.54, 1.807) is 6.92 Å². The van der Waals surface area contributed by atoms with Crippen molar-refractivity contribution < 1.29 is 33.0 Å². The number of hydrogen-bond acceptors (Lipinski definition) is 4. The molecule has 23 heavy (non-hydrogen) atoms. The van der Waals surface area contributed by atoms with Gasteiger partial charge in [0.15, 0.2) is 0 Å². The highest BCUT2D eigenvalue weighted by Crippen LogP contribution is 2.29. The molecule has 2 rings (SSSR count). The zero-order chi connectivity index (χ0) is 17.0. The Labute approximate surface area is 132 Å². The van der Waals surface area contributed by atoms with Crippen LogP contribution in [0.1, 0.15) is 43.0 Å². The van der Waals surface area contributed by atoms with Gasteiger partial charge in [0.25, 0.3) is 0 Å². The van der Waals surface area contributed by atoms with Crippen molar-refractivity contribution in [2.45, 2.75) is 38.7 Å². The van der Waals surface area contributed by atoms with E-state index in [2.05, 4.69) is 0 Å². The minimum atomic E-state index is -1.67. The number of benzene rings is 1. The Bertz CT molecular complexity index is 571. The molecule has 0 aromatic heterocycles. The molecular weight excluding hydrogens is 310 g/mol. The number of aromatic carboxylic acids is 1. The monoisotopic (exact) mass is 328 g/mol. The zero-order valence-corrected chi connectivity index (χ0v) is 12.7. The highest BCUT2D eigenvalue weighted by molar-refractivity contribution is 5.88. The molecular formula is C16H18F2O5. The fourth-order valence-corrected chi connectivity index (χ4v) is 2.69. The van der Waals surface area contributed by atoms with E-state index >= 15 is 0 Å². The second-order valence-electron chi connectivity index (χ2n) is 5.41. The first-order valence-corrected chi connectivity index (χ1v) is 7.48. The maximum absolute atomic E-state index is 13.6. The van der Waals surface area contributed by atoms with Crippen LogP contribution in [0.15, 0.2) is 12.1 Å². The molecule has 0 heterocycles. The highest BCUT2D eigenvalue weighted by atomic mass is 19.1. The summed E-state index contributed by atoms with van der Waals surface area (Å²) in [7, 11) is 0. The summed E-state index contributed by atoms with van der Waals surface area (Å²) in [6.07, 6.45) is 2.03. The quantitative estimate of drug-likeness (QED) is 0.841. The number of carboxylic acid groups (broad SMARTS) is 1. The van der Waals surface area contributed by atoms with E-state index in [4.69, 9.17) is 14.6 Å². The van der Waals surface area contributed by atoms with Gasteiger partial charge in [-0.05, 0) is 32.6 Å². The van der Waals surface area contributed by atoms with Crippen LogP contribution in [0.25, 0.3) is 0 Å². The van der Waals surface area contributed by atoms with Gasteiger partial charge in [-0.2, -0.15) is 0 Å². The molecule has 1 aromatic rings. The van der Waals surface area contributed by atoms with Crippen LogP contribution >= 0.6 is 0 Å².